The highest BCUT2D eigenvalue weighted by Gasteiger charge is 2.17. The fourth-order valence-corrected chi connectivity index (χ4v) is 3.40. The summed E-state index contributed by atoms with van der Waals surface area (Å²) in [4.78, 5) is 4.76. The molecule has 0 radical (unpaired) electrons. The predicted molar refractivity (Wildman–Crippen MR) is 69.1 cm³/mol. The third-order valence-corrected chi connectivity index (χ3v) is 4.41. The van der Waals surface area contributed by atoms with Crippen molar-refractivity contribution < 1.29 is 0 Å². The molecule has 16 heavy (non-hydrogen) atoms. The van der Waals surface area contributed by atoms with Gasteiger partial charge in [0, 0.05) is 12.5 Å². The zero-order chi connectivity index (χ0) is 10.8. The fourth-order valence-electron chi connectivity index (χ4n) is 2.29. The van der Waals surface area contributed by atoms with Crippen molar-refractivity contribution in [2.75, 3.05) is 13.1 Å². The number of hydrogen-bond acceptors (Lipinski definition) is 3. The predicted octanol–water partition coefficient (Wildman–Crippen LogP) is 3.15. The second kappa shape index (κ2) is 4.52. The van der Waals surface area contributed by atoms with E-state index >= 15 is 0 Å². The molecule has 1 N–H and O–H groups in total. The molecule has 1 aliphatic heterocycles. The molecule has 3 rings (SSSR count). The van der Waals surface area contributed by atoms with Crippen LogP contribution in [0.25, 0.3) is 10.2 Å². The summed E-state index contributed by atoms with van der Waals surface area (Å²) in [5.41, 5.74) is 1.16. The molecule has 3 heteroatoms. The third kappa shape index (κ3) is 1.97. The summed E-state index contributed by atoms with van der Waals surface area (Å²) in [6.45, 7) is 2.27. The quantitative estimate of drug-likeness (QED) is 0.817. The highest BCUT2D eigenvalue weighted by Crippen LogP contribution is 2.30. The van der Waals surface area contributed by atoms with Gasteiger partial charge in [-0.1, -0.05) is 18.6 Å². The molecule has 0 bridgehead atoms. The molecular weight excluding hydrogens is 216 g/mol. The van der Waals surface area contributed by atoms with E-state index in [4.69, 9.17) is 4.98 Å². The molecule has 84 valence electrons. The Balaban J connectivity index is 1.92. The summed E-state index contributed by atoms with van der Waals surface area (Å²) in [5, 5.41) is 4.82. The van der Waals surface area contributed by atoms with Crippen LogP contribution in [0, 0.1) is 0 Å². The summed E-state index contributed by atoms with van der Waals surface area (Å²) >= 11 is 1.86. The molecular formula is C13H16N2S. The first-order valence-electron chi connectivity index (χ1n) is 6.00. The number of hydrogen-bond donors (Lipinski definition) is 1. The molecule has 1 aliphatic rings. The van der Waals surface area contributed by atoms with E-state index in [2.05, 4.69) is 29.6 Å². The summed E-state index contributed by atoms with van der Waals surface area (Å²) in [6.07, 6.45) is 3.92. The second-order valence-electron chi connectivity index (χ2n) is 4.42. The molecule has 1 aromatic heterocycles. The summed E-state index contributed by atoms with van der Waals surface area (Å²) in [6, 6.07) is 8.44. The van der Waals surface area contributed by atoms with Gasteiger partial charge in [0.05, 0.1) is 15.2 Å². The van der Waals surface area contributed by atoms with Crippen LogP contribution in [0.15, 0.2) is 24.3 Å². The topological polar surface area (TPSA) is 24.9 Å². The molecule has 0 amide bonds. The van der Waals surface area contributed by atoms with E-state index < -0.39 is 0 Å². The van der Waals surface area contributed by atoms with Crippen molar-refractivity contribution >= 4 is 21.6 Å². The maximum absolute atomic E-state index is 4.76. The van der Waals surface area contributed by atoms with E-state index in [1.54, 1.807) is 0 Å². The first-order valence-corrected chi connectivity index (χ1v) is 6.81. The fraction of sp³-hybridized carbons (Fsp3) is 0.462. The van der Waals surface area contributed by atoms with Crippen molar-refractivity contribution in [2.45, 2.75) is 25.2 Å². The van der Waals surface area contributed by atoms with E-state index in [0.717, 1.165) is 12.1 Å². The molecule has 2 heterocycles. The lowest BCUT2D eigenvalue weighted by Crippen LogP contribution is -2.19. The van der Waals surface area contributed by atoms with Gasteiger partial charge in [-0.15, -0.1) is 11.3 Å². The zero-order valence-electron chi connectivity index (χ0n) is 9.28. The lowest BCUT2D eigenvalue weighted by molar-refractivity contribution is 0.608. The van der Waals surface area contributed by atoms with Gasteiger partial charge in [-0.3, -0.25) is 0 Å². The van der Waals surface area contributed by atoms with Crippen molar-refractivity contribution in [3.63, 3.8) is 0 Å². The first kappa shape index (κ1) is 10.2. The van der Waals surface area contributed by atoms with E-state index in [-0.39, 0.29) is 0 Å². The number of aromatic nitrogens is 1. The molecule has 0 spiro atoms. The van der Waals surface area contributed by atoms with E-state index in [0.29, 0.717) is 5.92 Å². The molecule has 2 nitrogen and oxygen atoms in total. The normalized spacial score (nSPS) is 22.1. The molecule has 1 aromatic carbocycles. The molecule has 0 saturated carbocycles. The smallest absolute Gasteiger partial charge is 0.0982 e. The molecule has 1 fully saturated rings. The van der Waals surface area contributed by atoms with Crippen molar-refractivity contribution in [2.24, 2.45) is 0 Å². The molecule has 0 unspecified atom stereocenters. The number of para-hydroxylation sites is 1. The molecule has 1 saturated heterocycles. The highest BCUT2D eigenvalue weighted by molar-refractivity contribution is 7.18. The summed E-state index contributed by atoms with van der Waals surface area (Å²) in [7, 11) is 0. The van der Waals surface area contributed by atoms with E-state index in [9.17, 15) is 0 Å². The van der Waals surface area contributed by atoms with Gasteiger partial charge in [0.15, 0.2) is 0 Å². The molecule has 2 aromatic rings. The molecule has 0 aliphatic carbocycles. The molecule has 1 atom stereocenters. The summed E-state index contributed by atoms with van der Waals surface area (Å²) in [5.74, 6) is 0.625. The number of benzene rings is 1. The van der Waals surface area contributed by atoms with Crippen molar-refractivity contribution in [1.29, 1.82) is 0 Å². The average Bonchev–Trinajstić information content (AvgIpc) is 2.56. The van der Waals surface area contributed by atoms with Gasteiger partial charge in [-0.25, -0.2) is 4.98 Å². The number of fused-ring (bicyclic) bond motifs is 1. The largest absolute Gasteiger partial charge is 0.316 e. The van der Waals surface area contributed by atoms with Crippen molar-refractivity contribution in [3.05, 3.63) is 29.3 Å². The van der Waals surface area contributed by atoms with Crippen LogP contribution >= 0.6 is 11.3 Å². The Morgan fingerprint density at radius 1 is 1.25 bits per heavy atom. The number of rotatable bonds is 1. The minimum absolute atomic E-state index is 0.625. The van der Waals surface area contributed by atoms with Crippen LogP contribution in [0.3, 0.4) is 0 Å². The zero-order valence-corrected chi connectivity index (χ0v) is 10.1. The maximum Gasteiger partial charge on any atom is 0.0982 e. The van der Waals surface area contributed by atoms with Gasteiger partial charge < -0.3 is 5.32 Å². The van der Waals surface area contributed by atoms with Crippen LogP contribution in [0.2, 0.25) is 0 Å². The lowest BCUT2D eigenvalue weighted by Gasteiger charge is -2.09. The van der Waals surface area contributed by atoms with E-state index in [1.165, 1.54) is 35.5 Å². The third-order valence-electron chi connectivity index (χ3n) is 3.21. The Morgan fingerprint density at radius 3 is 3.12 bits per heavy atom. The van der Waals surface area contributed by atoms with Crippen molar-refractivity contribution in [3.8, 4) is 0 Å². The second-order valence-corrected chi connectivity index (χ2v) is 5.48. The van der Waals surface area contributed by atoms with Crippen LogP contribution in [0.1, 0.15) is 30.2 Å². The van der Waals surface area contributed by atoms with Crippen LogP contribution in [0.4, 0.5) is 0 Å². The van der Waals surface area contributed by atoms with Crippen LogP contribution in [-0.4, -0.2) is 18.1 Å². The van der Waals surface area contributed by atoms with Crippen LogP contribution < -0.4 is 5.32 Å². The van der Waals surface area contributed by atoms with Gasteiger partial charge in [-0.2, -0.15) is 0 Å². The monoisotopic (exact) mass is 232 g/mol. The number of nitrogens with zero attached hydrogens (tertiary/aromatic N) is 1. The Morgan fingerprint density at radius 2 is 2.19 bits per heavy atom. The first-order chi connectivity index (χ1) is 7.93. The standard InChI is InChI=1S/C13H16N2S/c1-2-7-12-11(6-1)15-13(16-12)10-5-3-4-8-14-9-10/h1-2,6-7,10,14H,3-5,8-9H2/t10-/m1/s1. The Bertz CT molecular complexity index is 436. The Labute approximate surface area is 99.7 Å². The SMILES string of the molecule is c1ccc2sc([C@@H]3CCCCNC3)nc2c1. The number of nitrogens with one attached hydrogen (secondary N) is 1. The Kier molecular flexibility index (Phi) is 2.89. The van der Waals surface area contributed by atoms with Gasteiger partial charge in [0.2, 0.25) is 0 Å². The number of thiazole rings is 1. The van der Waals surface area contributed by atoms with Crippen LogP contribution in [-0.2, 0) is 0 Å². The maximum atomic E-state index is 4.76. The van der Waals surface area contributed by atoms with Gasteiger partial charge in [0.25, 0.3) is 0 Å². The van der Waals surface area contributed by atoms with Crippen LogP contribution in [0.5, 0.6) is 0 Å². The minimum atomic E-state index is 0.625. The lowest BCUT2D eigenvalue weighted by atomic mass is 10.0. The van der Waals surface area contributed by atoms with Gasteiger partial charge in [0.1, 0.15) is 0 Å². The van der Waals surface area contributed by atoms with E-state index in [1.807, 2.05) is 11.3 Å². The average molecular weight is 232 g/mol. The minimum Gasteiger partial charge on any atom is -0.316 e. The Hall–Kier alpha value is -0.930. The van der Waals surface area contributed by atoms with Gasteiger partial charge in [-0.05, 0) is 31.5 Å². The van der Waals surface area contributed by atoms with Gasteiger partial charge >= 0.3 is 0 Å². The van der Waals surface area contributed by atoms with Crippen molar-refractivity contribution in [1.82, 2.24) is 10.3 Å². The highest BCUT2D eigenvalue weighted by atomic mass is 32.1. The summed E-state index contributed by atoms with van der Waals surface area (Å²) < 4.78 is 1.32.